The van der Waals surface area contributed by atoms with Gasteiger partial charge >= 0.3 is 6.18 Å². The van der Waals surface area contributed by atoms with E-state index in [1.807, 2.05) is 0 Å². The molecule has 0 aliphatic carbocycles. The highest BCUT2D eigenvalue weighted by molar-refractivity contribution is 7.19. The van der Waals surface area contributed by atoms with Gasteiger partial charge in [-0.3, -0.25) is 4.98 Å². The Bertz CT molecular complexity index is 1050. The summed E-state index contributed by atoms with van der Waals surface area (Å²) in [5, 5.41) is 12.2. The first-order valence-electron chi connectivity index (χ1n) is 6.94. The van der Waals surface area contributed by atoms with E-state index in [1.54, 1.807) is 24.5 Å². The van der Waals surface area contributed by atoms with Gasteiger partial charge in [0, 0.05) is 23.5 Å². The number of benzene rings is 1. The summed E-state index contributed by atoms with van der Waals surface area (Å²) in [5.74, 6) is -0.985. The second kappa shape index (κ2) is 5.59. The predicted octanol–water partition coefficient (Wildman–Crippen LogP) is 4.07. The minimum absolute atomic E-state index is 0.0821. The molecule has 126 valence electrons. The predicted molar refractivity (Wildman–Crippen MR) is 82.3 cm³/mol. The van der Waals surface area contributed by atoms with Crippen molar-refractivity contribution >= 4 is 16.3 Å². The lowest BCUT2D eigenvalue weighted by molar-refractivity contribution is -0.139. The van der Waals surface area contributed by atoms with Crippen molar-refractivity contribution in [1.29, 1.82) is 0 Å². The number of hydrogen-bond donors (Lipinski definition) is 0. The van der Waals surface area contributed by atoms with Crippen LogP contribution in [0.3, 0.4) is 0 Å². The van der Waals surface area contributed by atoms with Gasteiger partial charge in [-0.2, -0.15) is 22.8 Å². The van der Waals surface area contributed by atoms with Crippen LogP contribution < -0.4 is 0 Å². The fourth-order valence-corrected chi connectivity index (χ4v) is 3.18. The van der Waals surface area contributed by atoms with Crippen molar-refractivity contribution in [1.82, 2.24) is 24.8 Å². The average molecular weight is 365 g/mol. The molecule has 0 fully saturated rings. The summed E-state index contributed by atoms with van der Waals surface area (Å²) in [4.78, 5) is 4.31. The number of hydrogen-bond acceptors (Lipinski definition) is 5. The third-order valence-corrected chi connectivity index (χ3v) is 4.38. The lowest BCUT2D eigenvalue weighted by Crippen LogP contribution is -2.08. The van der Waals surface area contributed by atoms with E-state index < -0.39 is 17.6 Å². The van der Waals surface area contributed by atoms with Gasteiger partial charge in [0.15, 0.2) is 10.8 Å². The van der Waals surface area contributed by atoms with Crippen molar-refractivity contribution < 1.29 is 17.6 Å². The van der Waals surface area contributed by atoms with E-state index in [0.717, 1.165) is 17.4 Å². The van der Waals surface area contributed by atoms with Crippen molar-refractivity contribution in [2.24, 2.45) is 0 Å². The second-order valence-corrected chi connectivity index (χ2v) is 5.99. The normalized spacial score (nSPS) is 12.0. The van der Waals surface area contributed by atoms with Crippen molar-refractivity contribution in [3.63, 3.8) is 0 Å². The molecule has 0 saturated heterocycles. The minimum atomic E-state index is -4.78. The molecule has 4 aromatic rings. The Balaban J connectivity index is 1.86. The monoisotopic (exact) mass is 365 g/mol. The molecule has 0 saturated carbocycles. The van der Waals surface area contributed by atoms with Gasteiger partial charge in [0.05, 0.1) is 5.56 Å². The number of aromatic nitrogens is 5. The Morgan fingerprint density at radius 3 is 2.60 bits per heavy atom. The van der Waals surface area contributed by atoms with Crippen LogP contribution in [0.2, 0.25) is 0 Å². The Morgan fingerprint density at radius 2 is 1.88 bits per heavy atom. The molecule has 4 rings (SSSR count). The first kappa shape index (κ1) is 15.6. The van der Waals surface area contributed by atoms with E-state index in [-0.39, 0.29) is 10.6 Å². The lowest BCUT2D eigenvalue weighted by Gasteiger charge is -2.09. The van der Waals surface area contributed by atoms with Gasteiger partial charge in [-0.05, 0) is 24.3 Å². The third kappa shape index (κ3) is 2.64. The van der Waals surface area contributed by atoms with Gasteiger partial charge in [-0.15, -0.1) is 10.2 Å². The number of fused-ring (bicyclic) bond motifs is 1. The molecule has 5 nitrogen and oxygen atoms in total. The van der Waals surface area contributed by atoms with Crippen LogP contribution in [0.1, 0.15) is 5.56 Å². The molecule has 0 spiro atoms. The Labute approximate surface area is 141 Å². The highest BCUT2D eigenvalue weighted by Gasteiger charge is 2.35. The van der Waals surface area contributed by atoms with Gasteiger partial charge < -0.3 is 0 Å². The van der Waals surface area contributed by atoms with Crippen LogP contribution in [0.25, 0.3) is 26.9 Å². The Kier molecular flexibility index (Phi) is 3.49. The van der Waals surface area contributed by atoms with Gasteiger partial charge in [0.1, 0.15) is 5.82 Å². The maximum Gasteiger partial charge on any atom is 0.419 e. The lowest BCUT2D eigenvalue weighted by atomic mass is 10.1. The molecule has 0 N–H and O–H groups in total. The van der Waals surface area contributed by atoms with E-state index in [4.69, 9.17) is 0 Å². The number of pyridine rings is 1. The standard InChI is InChI=1S/C15H7F4N5S/c16-11-9(4-1-5-10(11)15(17,18)19)13-23-24-12(21-22-14(24)25-13)8-3-2-6-20-7-8/h1-7H. The van der Waals surface area contributed by atoms with Crippen molar-refractivity contribution in [2.75, 3.05) is 0 Å². The molecule has 0 unspecified atom stereocenters. The van der Waals surface area contributed by atoms with Crippen LogP contribution in [0, 0.1) is 5.82 Å². The minimum Gasteiger partial charge on any atom is -0.264 e. The molecule has 3 heterocycles. The summed E-state index contributed by atoms with van der Waals surface area (Å²) in [7, 11) is 0. The largest absolute Gasteiger partial charge is 0.419 e. The zero-order valence-corrected chi connectivity index (χ0v) is 13.0. The van der Waals surface area contributed by atoms with Crippen LogP contribution in [0.15, 0.2) is 42.7 Å². The number of alkyl halides is 3. The molecular formula is C15H7F4N5S. The number of halogens is 4. The van der Waals surface area contributed by atoms with E-state index in [2.05, 4.69) is 20.3 Å². The van der Waals surface area contributed by atoms with Crippen LogP contribution in [0.5, 0.6) is 0 Å². The fourth-order valence-electron chi connectivity index (χ4n) is 2.32. The number of nitrogens with zero attached hydrogens (tertiary/aromatic N) is 5. The maximum atomic E-state index is 14.3. The highest BCUT2D eigenvalue weighted by atomic mass is 32.1. The van der Waals surface area contributed by atoms with Gasteiger partial charge in [0.25, 0.3) is 0 Å². The fraction of sp³-hybridized carbons (Fsp3) is 0.0667. The zero-order valence-electron chi connectivity index (χ0n) is 12.2. The molecule has 0 aliphatic heterocycles. The molecule has 3 aromatic heterocycles. The van der Waals surface area contributed by atoms with E-state index in [1.165, 1.54) is 10.6 Å². The van der Waals surface area contributed by atoms with Gasteiger partial charge in [0.2, 0.25) is 4.96 Å². The number of rotatable bonds is 2. The molecule has 0 aliphatic rings. The van der Waals surface area contributed by atoms with E-state index in [0.29, 0.717) is 22.4 Å². The molecular weight excluding hydrogens is 358 g/mol. The maximum absolute atomic E-state index is 14.3. The van der Waals surface area contributed by atoms with Gasteiger partial charge in [-0.1, -0.05) is 17.4 Å². The van der Waals surface area contributed by atoms with Crippen molar-refractivity contribution in [2.45, 2.75) is 6.18 Å². The molecule has 25 heavy (non-hydrogen) atoms. The molecule has 0 atom stereocenters. The summed E-state index contributed by atoms with van der Waals surface area (Å²) in [6.45, 7) is 0. The topological polar surface area (TPSA) is 56.0 Å². The Morgan fingerprint density at radius 1 is 1.04 bits per heavy atom. The molecule has 0 amide bonds. The van der Waals surface area contributed by atoms with Crippen molar-refractivity contribution in [3.8, 4) is 22.0 Å². The first-order valence-corrected chi connectivity index (χ1v) is 7.75. The molecule has 0 bridgehead atoms. The van der Waals surface area contributed by atoms with Crippen LogP contribution in [0.4, 0.5) is 17.6 Å². The Hall–Kier alpha value is -2.88. The summed E-state index contributed by atoms with van der Waals surface area (Å²) in [6.07, 6.45) is -1.63. The van der Waals surface area contributed by atoms with Crippen LogP contribution in [-0.2, 0) is 6.18 Å². The first-order chi connectivity index (χ1) is 11.9. The summed E-state index contributed by atoms with van der Waals surface area (Å²) in [6, 6.07) is 6.54. The van der Waals surface area contributed by atoms with E-state index >= 15 is 0 Å². The SMILES string of the molecule is Fc1c(-c2nn3c(-c4cccnc4)nnc3s2)cccc1C(F)(F)F. The van der Waals surface area contributed by atoms with Crippen molar-refractivity contribution in [3.05, 3.63) is 54.1 Å². The van der Waals surface area contributed by atoms with Crippen LogP contribution in [-0.4, -0.2) is 24.8 Å². The summed E-state index contributed by atoms with van der Waals surface area (Å²) >= 11 is 0.950. The van der Waals surface area contributed by atoms with Crippen LogP contribution >= 0.6 is 11.3 Å². The molecule has 0 radical (unpaired) electrons. The quantitative estimate of drug-likeness (QED) is 0.503. The average Bonchev–Trinajstić information content (AvgIpc) is 3.15. The summed E-state index contributed by atoms with van der Waals surface area (Å²) in [5.41, 5.74) is -0.928. The molecule has 1 aromatic carbocycles. The molecule has 10 heteroatoms. The smallest absolute Gasteiger partial charge is 0.264 e. The van der Waals surface area contributed by atoms with E-state index in [9.17, 15) is 17.6 Å². The van der Waals surface area contributed by atoms with Gasteiger partial charge in [-0.25, -0.2) is 4.39 Å². The highest BCUT2D eigenvalue weighted by Crippen LogP contribution is 2.37. The third-order valence-electron chi connectivity index (χ3n) is 3.45. The summed E-state index contributed by atoms with van der Waals surface area (Å²) < 4.78 is 54.3. The zero-order chi connectivity index (χ0) is 17.6. The second-order valence-electron chi connectivity index (χ2n) is 5.03.